The van der Waals surface area contributed by atoms with E-state index >= 15 is 0 Å². The molecule has 3 rings (SSSR count). The second-order valence-corrected chi connectivity index (χ2v) is 9.25. The Morgan fingerprint density at radius 1 is 1.19 bits per heavy atom. The smallest absolute Gasteiger partial charge is 0.340 e. The molecule has 2 N–H and O–H groups in total. The summed E-state index contributed by atoms with van der Waals surface area (Å²) in [5.74, 6) is -1.18. The highest BCUT2D eigenvalue weighted by atomic mass is 35.5. The molecule has 0 bridgehead atoms. The van der Waals surface area contributed by atoms with Crippen molar-refractivity contribution < 1.29 is 22.7 Å². The average Bonchev–Trinajstić information content (AvgIpc) is 3.29. The van der Waals surface area contributed by atoms with Gasteiger partial charge >= 0.3 is 5.97 Å². The number of carbonyl (C=O) groups excluding carboxylic acids is 2. The minimum Gasteiger partial charge on any atom is -0.452 e. The van der Waals surface area contributed by atoms with Crippen molar-refractivity contribution in [3.8, 4) is 0 Å². The number of amides is 1. The van der Waals surface area contributed by atoms with Crippen LogP contribution in [-0.2, 0) is 19.6 Å². The number of nitrogens with one attached hydrogen (secondary N) is 2. The molecular weight excluding hydrogens is 400 g/mol. The zero-order chi connectivity index (χ0) is 18.7. The van der Waals surface area contributed by atoms with Gasteiger partial charge < -0.3 is 10.1 Å². The summed E-state index contributed by atoms with van der Waals surface area (Å²) < 4.78 is 32.5. The van der Waals surface area contributed by atoms with Crippen LogP contribution in [0.1, 0.15) is 23.2 Å². The van der Waals surface area contributed by atoms with Gasteiger partial charge in [0.25, 0.3) is 15.9 Å². The number of para-hydroxylation sites is 1. The van der Waals surface area contributed by atoms with Crippen LogP contribution < -0.4 is 10.0 Å². The van der Waals surface area contributed by atoms with Crippen molar-refractivity contribution >= 4 is 50.5 Å². The standard InChI is InChI=1S/C16H15ClN2O5S2/c17-13-7-8-15(25-13)26(22,23)19-12-4-2-1-3-11(12)16(21)24-9-14(20)18-10-5-6-10/h1-4,7-8,10,19H,5-6,9H2,(H,18,20). The Morgan fingerprint density at radius 2 is 1.92 bits per heavy atom. The fourth-order valence-corrected chi connectivity index (χ4v) is 4.66. The van der Waals surface area contributed by atoms with Gasteiger partial charge in [-0.05, 0) is 37.1 Å². The fourth-order valence-electron chi connectivity index (χ4n) is 2.09. The topological polar surface area (TPSA) is 102 Å². The molecule has 0 saturated heterocycles. The lowest BCUT2D eigenvalue weighted by Crippen LogP contribution is -2.30. The van der Waals surface area contributed by atoms with E-state index in [2.05, 4.69) is 10.0 Å². The van der Waals surface area contributed by atoms with Crippen molar-refractivity contribution in [2.75, 3.05) is 11.3 Å². The molecule has 1 aliphatic rings. The number of rotatable bonds is 7. The molecular formula is C16H15ClN2O5S2. The highest BCUT2D eigenvalue weighted by Gasteiger charge is 2.24. The van der Waals surface area contributed by atoms with Crippen molar-refractivity contribution in [3.63, 3.8) is 0 Å². The number of halogens is 1. The van der Waals surface area contributed by atoms with Crippen molar-refractivity contribution in [2.45, 2.75) is 23.1 Å². The molecule has 0 spiro atoms. The third-order valence-corrected chi connectivity index (χ3v) is 6.57. The van der Waals surface area contributed by atoms with Gasteiger partial charge in [0.1, 0.15) is 4.21 Å². The van der Waals surface area contributed by atoms with Crippen LogP contribution in [0, 0.1) is 0 Å². The zero-order valence-corrected chi connectivity index (χ0v) is 15.8. The molecule has 2 aromatic rings. The van der Waals surface area contributed by atoms with Crippen LogP contribution >= 0.6 is 22.9 Å². The van der Waals surface area contributed by atoms with Gasteiger partial charge in [-0.15, -0.1) is 11.3 Å². The minimum absolute atomic E-state index is 0.0120. The number of hydrogen-bond acceptors (Lipinski definition) is 6. The summed E-state index contributed by atoms with van der Waals surface area (Å²) in [6.45, 7) is -0.420. The SMILES string of the molecule is O=C(COC(=O)c1ccccc1NS(=O)(=O)c1ccc(Cl)s1)NC1CC1. The second-order valence-electron chi connectivity index (χ2n) is 5.63. The maximum Gasteiger partial charge on any atom is 0.340 e. The van der Waals surface area contributed by atoms with Crippen LogP contribution in [0.25, 0.3) is 0 Å². The lowest BCUT2D eigenvalue weighted by Gasteiger charge is -2.11. The second kappa shape index (κ2) is 7.65. The number of esters is 1. The largest absolute Gasteiger partial charge is 0.452 e. The van der Waals surface area contributed by atoms with Crippen molar-refractivity contribution in [3.05, 3.63) is 46.3 Å². The molecule has 0 atom stereocenters. The van der Waals surface area contributed by atoms with E-state index in [-0.39, 0.29) is 27.4 Å². The van der Waals surface area contributed by atoms with Gasteiger partial charge in [0.2, 0.25) is 0 Å². The highest BCUT2D eigenvalue weighted by molar-refractivity contribution is 7.94. The molecule has 1 heterocycles. The van der Waals surface area contributed by atoms with E-state index in [0.717, 1.165) is 24.2 Å². The first-order chi connectivity index (χ1) is 12.3. The molecule has 10 heteroatoms. The Balaban J connectivity index is 1.70. The van der Waals surface area contributed by atoms with Crippen LogP contribution in [0.4, 0.5) is 5.69 Å². The third-order valence-electron chi connectivity index (χ3n) is 3.48. The number of hydrogen-bond donors (Lipinski definition) is 2. The summed E-state index contributed by atoms with van der Waals surface area (Å²) in [5.41, 5.74) is 0.0718. The molecule has 0 aliphatic heterocycles. The predicted molar refractivity (Wildman–Crippen MR) is 98.0 cm³/mol. The molecule has 0 radical (unpaired) electrons. The van der Waals surface area contributed by atoms with Gasteiger partial charge in [-0.1, -0.05) is 23.7 Å². The van der Waals surface area contributed by atoms with Crippen molar-refractivity contribution in [2.24, 2.45) is 0 Å². The number of ether oxygens (including phenoxy) is 1. The predicted octanol–water partition coefficient (Wildman–Crippen LogP) is 2.64. The Morgan fingerprint density at radius 3 is 2.58 bits per heavy atom. The average molecular weight is 415 g/mol. The molecule has 7 nitrogen and oxygen atoms in total. The first-order valence-electron chi connectivity index (χ1n) is 7.69. The molecule has 1 aromatic heterocycles. The number of thiophene rings is 1. The number of carbonyl (C=O) groups is 2. The van der Waals surface area contributed by atoms with E-state index in [1.54, 1.807) is 12.1 Å². The highest BCUT2D eigenvalue weighted by Crippen LogP contribution is 2.28. The quantitative estimate of drug-likeness (QED) is 0.678. The summed E-state index contributed by atoms with van der Waals surface area (Å²) in [5, 5.41) is 2.70. The summed E-state index contributed by atoms with van der Waals surface area (Å²) in [7, 11) is -3.89. The number of benzene rings is 1. The monoisotopic (exact) mass is 414 g/mol. The van der Waals surface area contributed by atoms with Crippen LogP contribution in [0.15, 0.2) is 40.6 Å². The molecule has 1 aromatic carbocycles. The zero-order valence-electron chi connectivity index (χ0n) is 13.4. The molecule has 138 valence electrons. The van der Waals surface area contributed by atoms with Gasteiger partial charge in [0.05, 0.1) is 15.6 Å². The lowest BCUT2D eigenvalue weighted by atomic mass is 10.2. The normalized spacial score (nSPS) is 13.9. The van der Waals surface area contributed by atoms with Crippen LogP contribution in [0.5, 0.6) is 0 Å². The van der Waals surface area contributed by atoms with Gasteiger partial charge in [0, 0.05) is 6.04 Å². The summed E-state index contributed by atoms with van der Waals surface area (Å²) in [6.07, 6.45) is 1.86. The summed E-state index contributed by atoms with van der Waals surface area (Å²) in [4.78, 5) is 23.9. The maximum atomic E-state index is 12.4. The van der Waals surface area contributed by atoms with E-state index in [4.69, 9.17) is 16.3 Å². The molecule has 1 aliphatic carbocycles. The Labute approximate surface area is 159 Å². The molecule has 26 heavy (non-hydrogen) atoms. The number of anilines is 1. The van der Waals surface area contributed by atoms with E-state index < -0.39 is 22.6 Å². The first kappa shape index (κ1) is 18.7. The van der Waals surface area contributed by atoms with Gasteiger partial charge in [-0.3, -0.25) is 9.52 Å². The molecule has 1 fully saturated rings. The first-order valence-corrected chi connectivity index (χ1v) is 10.4. The Bertz CT molecular complexity index is 938. The van der Waals surface area contributed by atoms with Crippen molar-refractivity contribution in [1.29, 1.82) is 0 Å². The molecule has 1 amide bonds. The van der Waals surface area contributed by atoms with E-state index in [0.29, 0.717) is 4.34 Å². The lowest BCUT2D eigenvalue weighted by molar-refractivity contribution is -0.124. The van der Waals surface area contributed by atoms with Crippen LogP contribution in [0.3, 0.4) is 0 Å². The Kier molecular flexibility index (Phi) is 5.49. The fraction of sp³-hybridized carbons (Fsp3) is 0.250. The molecule has 0 unspecified atom stereocenters. The maximum absolute atomic E-state index is 12.4. The third kappa shape index (κ3) is 4.75. The van der Waals surface area contributed by atoms with Crippen LogP contribution in [-0.4, -0.2) is 32.9 Å². The van der Waals surface area contributed by atoms with Crippen LogP contribution in [0.2, 0.25) is 4.34 Å². The van der Waals surface area contributed by atoms with Gasteiger partial charge in [0.15, 0.2) is 6.61 Å². The Hall–Kier alpha value is -2.10. The molecule has 1 saturated carbocycles. The van der Waals surface area contributed by atoms with Gasteiger partial charge in [-0.2, -0.15) is 0 Å². The van der Waals surface area contributed by atoms with Crippen molar-refractivity contribution in [1.82, 2.24) is 5.32 Å². The minimum atomic E-state index is -3.89. The summed E-state index contributed by atoms with van der Waals surface area (Å²) in [6, 6.07) is 9.01. The summed E-state index contributed by atoms with van der Waals surface area (Å²) >= 11 is 6.68. The number of sulfonamides is 1. The van der Waals surface area contributed by atoms with E-state index in [9.17, 15) is 18.0 Å². The van der Waals surface area contributed by atoms with Gasteiger partial charge in [-0.25, -0.2) is 13.2 Å². The van der Waals surface area contributed by atoms with E-state index in [1.165, 1.54) is 24.3 Å². The van der Waals surface area contributed by atoms with E-state index in [1.807, 2.05) is 0 Å².